The van der Waals surface area contributed by atoms with E-state index in [1.165, 1.54) is 17.4 Å². The predicted molar refractivity (Wildman–Crippen MR) is 78.3 cm³/mol. The SMILES string of the molecule is CCN(CC(=O)Nc1cc(Br)c(=O)n(C)c1)C1CC1. The van der Waals surface area contributed by atoms with E-state index in [4.69, 9.17) is 0 Å². The van der Waals surface area contributed by atoms with Gasteiger partial charge in [-0.25, -0.2) is 0 Å². The van der Waals surface area contributed by atoms with Gasteiger partial charge in [-0.05, 0) is 41.4 Å². The summed E-state index contributed by atoms with van der Waals surface area (Å²) in [5.41, 5.74) is 0.511. The highest BCUT2D eigenvalue weighted by Gasteiger charge is 2.28. The number of nitrogens with one attached hydrogen (secondary N) is 1. The second-order valence-electron chi connectivity index (χ2n) is 4.84. The maximum absolute atomic E-state index is 12.0. The zero-order valence-electron chi connectivity index (χ0n) is 11.1. The van der Waals surface area contributed by atoms with Crippen LogP contribution in [0.25, 0.3) is 0 Å². The van der Waals surface area contributed by atoms with Gasteiger partial charge in [0.1, 0.15) is 0 Å². The normalized spacial score (nSPS) is 14.7. The van der Waals surface area contributed by atoms with Gasteiger partial charge in [0.15, 0.2) is 0 Å². The van der Waals surface area contributed by atoms with E-state index < -0.39 is 0 Å². The van der Waals surface area contributed by atoms with Crippen LogP contribution in [0, 0.1) is 0 Å². The van der Waals surface area contributed by atoms with Crippen molar-refractivity contribution in [3.8, 4) is 0 Å². The number of anilines is 1. The molecule has 0 aliphatic heterocycles. The third kappa shape index (κ3) is 3.67. The number of hydrogen-bond acceptors (Lipinski definition) is 3. The molecule has 1 fully saturated rings. The summed E-state index contributed by atoms with van der Waals surface area (Å²) in [5, 5.41) is 2.83. The largest absolute Gasteiger partial charge is 0.324 e. The third-order valence-electron chi connectivity index (χ3n) is 3.24. The summed E-state index contributed by atoms with van der Waals surface area (Å²) in [7, 11) is 1.66. The van der Waals surface area contributed by atoms with Crippen molar-refractivity contribution >= 4 is 27.5 Å². The van der Waals surface area contributed by atoms with Crippen LogP contribution in [0.2, 0.25) is 0 Å². The molecule has 1 aliphatic carbocycles. The summed E-state index contributed by atoms with van der Waals surface area (Å²) in [6.45, 7) is 3.35. The first-order valence-electron chi connectivity index (χ1n) is 6.41. The molecule has 1 aromatic rings. The average molecular weight is 328 g/mol. The van der Waals surface area contributed by atoms with Crippen LogP contribution in [0.15, 0.2) is 21.5 Å². The fourth-order valence-corrected chi connectivity index (χ4v) is 2.59. The van der Waals surface area contributed by atoms with Gasteiger partial charge in [-0.1, -0.05) is 6.92 Å². The number of carbonyl (C=O) groups is 1. The van der Waals surface area contributed by atoms with Crippen LogP contribution in [0.3, 0.4) is 0 Å². The number of amides is 1. The van der Waals surface area contributed by atoms with Crippen LogP contribution >= 0.6 is 15.9 Å². The minimum atomic E-state index is -0.119. The van der Waals surface area contributed by atoms with E-state index in [2.05, 4.69) is 33.1 Å². The summed E-state index contributed by atoms with van der Waals surface area (Å²) in [6, 6.07) is 2.20. The first-order valence-corrected chi connectivity index (χ1v) is 7.20. The Balaban J connectivity index is 2.00. The van der Waals surface area contributed by atoms with Gasteiger partial charge in [0.25, 0.3) is 5.56 Å². The Bertz CT molecular complexity index is 511. The molecule has 0 atom stereocenters. The first kappa shape index (κ1) is 14.3. The summed E-state index contributed by atoms with van der Waals surface area (Å²) in [5.74, 6) is -0.0423. The van der Waals surface area contributed by atoms with E-state index in [0.29, 0.717) is 22.7 Å². The van der Waals surface area contributed by atoms with E-state index >= 15 is 0 Å². The molecule has 1 aliphatic rings. The van der Waals surface area contributed by atoms with Crippen LogP contribution in [0.1, 0.15) is 19.8 Å². The third-order valence-corrected chi connectivity index (χ3v) is 3.81. The van der Waals surface area contributed by atoms with Crippen molar-refractivity contribution in [1.29, 1.82) is 0 Å². The van der Waals surface area contributed by atoms with Crippen LogP contribution in [-0.4, -0.2) is 34.5 Å². The molecular weight excluding hydrogens is 310 g/mol. The Labute approximate surface area is 120 Å². The molecule has 6 heteroatoms. The topological polar surface area (TPSA) is 54.3 Å². The van der Waals surface area contributed by atoms with E-state index in [9.17, 15) is 9.59 Å². The fourth-order valence-electron chi connectivity index (χ4n) is 2.06. The lowest BCUT2D eigenvalue weighted by atomic mass is 10.3. The Hall–Kier alpha value is -1.14. The molecule has 2 rings (SSSR count). The Morgan fingerprint density at radius 2 is 2.26 bits per heavy atom. The second-order valence-corrected chi connectivity index (χ2v) is 5.69. The molecule has 0 saturated heterocycles. The zero-order chi connectivity index (χ0) is 14.0. The van der Waals surface area contributed by atoms with Crippen molar-refractivity contribution in [2.75, 3.05) is 18.4 Å². The van der Waals surface area contributed by atoms with E-state index in [1.807, 2.05) is 0 Å². The maximum atomic E-state index is 12.0. The number of carbonyl (C=O) groups excluding carboxylic acids is 1. The lowest BCUT2D eigenvalue weighted by molar-refractivity contribution is -0.117. The minimum Gasteiger partial charge on any atom is -0.324 e. The minimum absolute atomic E-state index is 0.0423. The predicted octanol–water partition coefficient (Wildman–Crippen LogP) is 1.57. The number of hydrogen-bond donors (Lipinski definition) is 1. The highest BCUT2D eigenvalue weighted by atomic mass is 79.9. The van der Waals surface area contributed by atoms with Crippen LogP contribution in [0.4, 0.5) is 5.69 Å². The first-order chi connectivity index (χ1) is 9.01. The van der Waals surface area contributed by atoms with E-state index in [0.717, 1.165) is 6.54 Å². The van der Waals surface area contributed by atoms with Gasteiger partial charge in [0.2, 0.25) is 5.91 Å². The summed E-state index contributed by atoms with van der Waals surface area (Å²) >= 11 is 3.19. The molecule has 1 aromatic heterocycles. The molecule has 1 N–H and O–H groups in total. The van der Waals surface area contributed by atoms with Crippen molar-refractivity contribution in [2.45, 2.75) is 25.8 Å². The molecule has 104 valence electrons. The molecule has 5 nitrogen and oxygen atoms in total. The van der Waals surface area contributed by atoms with Crippen LogP contribution in [-0.2, 0) is 11.8 Å². The van der Waals surface area contributed by atoms with Crippen molar-refractivity contribution in [1.82, 2.24) is 9.47 Å². The summed E-state index contributed by atoms with van der Waals surface area (Å²) < 4.78 is 1.89. The molecular formula is C13H18BrN3O2. The summed E-state index contributed by atoms with van der Waals surface area (Å²) in [6.07, 6.45) is 4.00. The fraction of sp³-hybridized carbons (Fsp3) is 0.538. The molecule has 0 unspecified atom stereocenters. The number of halogens is 1. The molecule has 1 heterocycles. The quantitative estimate of drug-likeness (QED) is 0.893. The zero-order valence-corrected chi connectivity index (χ0v) is 12.7. The number of aryl methyl sites for hydroxylation is 1. The van der Waals surface area contributed by atoms with Gasteiger partial charge >= 0.3 is 0 Å². The monoisotopic (exact) mass is 327 g/mol. The number of nitrogens with zero attached hydrogens (tertiary/aromatic N) is 2. The molecule has 0 radical (unpaired) electrons. The molecule has 0 spiro atoms. The van der Waals surface area contributed by atoms with Gasteiger partial charge in [-0.2, -0.15) is 0 Å². The standard InChI is InChI=1S/C13H18BrN3O2/c1-3-17(10-4-5-10)8-12(18)15-9-6-11(14)13(19)16(2)7-9/h6-7,10H,3-5,8H2,1-2H3,(H,15,18). The van der Waals surface area contributed by atoms with Crippen molar-refractivity contribution in [2.24, 2.45) is 7.05 Å². The van der Waals surface area contributed by atoms with E-state index in [1.54, 1.807) is 19.3 Å². The van der Waals surface area contributed by atoms with Gasteiger partial charge in [-0.15, -0.1) is 0 Å². The number of likely N-dealkylation sites (N-methyl/N-ethyl adjacent to an activating group) is 1. The average Bonchev–Trinajstić information content (AvgIpc) is 3.17. The number of rotatable bonds is 5. The van der Waals surface area contributed by atoms with Gasteiger partial charge in [0, 0.05) is 19.3 Å². The van der Waals surface area contributed by atoms with Crippen molar-refractivity contribution in [3.63, 3.8) is 0 Å². The smallest absolute Gasteiger partial charge is 0.264 e. The Kier molecular flexibility index (Phi) is 4.42. The molecule has 19 heavy (non-hydrogen) atoms. The molecule has 0 aromatic carbocycles. The lowest BCUT2D eigenvalue weighted by Gasteiger charge is -2.19. The molecule has 0 bridgehead atoms. The maximum Gasteiger partial charge on any atom is 0.264 e. The Morgan fingerprint density at radius 3 is 2.79 bits per heavy atom. The van der Waals surface area contributed by atoms with Crippen molar-refractivity contribution < 1.29 is 4.79 Å². The molecule has 1 saturated carbocycles. The Morgan fingerprint density at radius 1 is 1.58 bits per heavy atom. The van der Waals surface area contributed by atoms with E-state index in [-0.39, 0.29) is 11.5 Å². The highest BCUT2D eigenvalue weighted by Crippen LogP contribution is 2.26. The number of aromatic nitrogens is 1. The highest BCUT2D eigenvalue weighted by molar-refractivity contribution is 9.10. The van der Waals surface area contributed by atoms with Crippen LogP contribution < -0.4 is 10.9 Å². The van der Waals surface area contributed by atoms with Gasteiger partial charge in [0.05, 0.1) is 16.7 Å². The van der Waals surface area contributed by atoms with Gasteiger partial charge in [-0.3, -0.25) is 14.5 Å². The molecule has 1 amide bonds. The van der Waals surface area contributed by atoms with Gasteiger partial charge < -0.3 is 9.88 Å². The lowest BCUT2D eigenvalue weighted by Crippen LogP contribution is -2.35. The number of pyridine rings is 1. The van der Waals surface area contributed by atoms with Crippen molar-refractivity contribution in [3.05, 3.63) is 27.1 Å². The summed E-state index contributed by atoms with van der Waals surface area (Å²) in [4.78, 5) is 25.7. The second kappa shape index (κ2) is 5.88. The van der Waals surface area contributed by atoms with Crippen LogP contribution in [0.5, 0.6) is 0 Å².